The van der Waals surface area contributed by atoms with Crippen LogP contribution in [0.5, 0.6) is 0 Å². The fourth-order valence-electron chi connectivity index (χ4n) is 2.87. The average molecular weight is 452 g/mol. The summed E-state index contributed by atoms with van der Waals surface area (Å²) in [6.45, 7) is 3.24. The zero-order valence-electron chi connectivity index (χ0n) is 17.0. The zero-order valence-corrected chi connectivity index (χ0v) is 18.5. The molecule has 2 aliphatic rings. The number of carbonyl (C=O) groups is 2. The lowest BCUT2D eigenvalue weighted by atomic mass is 10.1. The molecule has 2 fully saturated rings. The molecule has 1 atom stereocenters. The van der Waals surface area contributed by atoms with E-state index in [4.69, 9.17) is 32.7 Å². The topological polar surface area (TPSA) is 55.8 Å². The van der Waals surface area contributed by atoms with E-state index in [1.165, 1.54) is 0 Å². The Morgan fingerprint density at radius 2 is 1.60 bits per heavy atom. The second kappa shape index (κ2) is 13.3. The first-order valence-electron chi connectivity index (χ1n) is 9.97. The Balaban J connectivity index is 0.000000188. The highest BCUT2D eigenvalue weighted by atomic mass is 35.5. The van der Waals surface area contributed by atoms with Gasteiger partial charge in [-0.25, -0.2) is 4.79 Å². The Hall–Kier alpha value is -2.08. The Kier molecular flexibility index (Phi) is 10.7. The highest BCUT2D eigenvalue weighted by molar-refractivity contribution is 6.30. The summed E-state index contributed by atoms with van der Waals surface area (Å²) in [6, 6.07) is 18.5. The summed E-state index contributed by atoms with van der Waals surface area (Å²) in [5.74, 6) is -0.0717. The first kappa shape index (κ1) is 24.2. The van der Waals surface area contributed by atoms with E-state index in [9.17, 15) is 9.59 Å². The van der Waals surface area contributed by atoms with Gasteiger partial charge in [-0.2, -0.15) is 0 Å². The summed E-state index contributed by atoms with van der Waals surface area (Å²) in [5.41, 5.74) is 0. The molecule has 1 aliphatic carbocycles. The molecule has 1 saturated heterocycles. The van der Waals surface area contributed by atoms with E-state index in [1.807, 2.05) is 60.7 Å². The Bertz CT molecular complexity index is 732. The summed E-state index contributed by atoms with van der Waals surface area (Å²) >= 11 is 11.1. The lowest BCUT2D eigenvalue weighted by molar-refractivity contribution is -0.161. The van der Waals surface area contributed by atoms with Crippen molar-refractivity contribution in [1.29, 1.82) is 0 Å². The first-order chi connectivity index (χ1) is 14.5. The molecule has 162 valence electrons. The van der Waals surface area contributed by atoms with E-state index in [2.05, 4.69) is 0 Å². The van der Waals surface area contributed by atoms with E-state index in [0.717, 1.165) is 22.9 Å². The van der Waals surface area contributed by atoms with Gasteiger partial charge in [0.1, 0.15) is 12.6 Å². The average Bonchev–Trinajstić information content (AvgIpc) is 3.57. The molecule has 0 radical (unpaired) electrons. The van der Waals surface area contributed by atoms with E-state index in [0.29, 0.717) is 25.7 Å². The van der Waals surface area contributed by atoms with Crippen molar-refractivity contribution < 1.29 is 19.1 Å². The van der Waals surface area contributed by atoms with Crippen LogP contribution in [0.1, 0.15) is 19.8 Å². The molecule has 4 rings (SSSR count). The molecule has 1 heterocycles. The number of esters is 1. The van der Waals surface area contributed by atoms with Crippen molar-refractivity contribution in [3.05, 3.63) is 70.7 Å². The standard InChI is InChI=1S/C11H17NO4.2C6H5Cl/c1-2-16-11(14)10(8-3-4-8)12-5-6-15-7-9(12)13;2*7-6-4-2-1-3-5-6/h8,10H,2-7H2,1H3;2*1-5H. The monoisotopic (exact) mass is 451 g/mol. The van der Waals surface area contributed by atoms with Gasteiger partial charge in [0.25, 0.3) is 0 Å². The minimum absolute atomic E-state index is 0.0859. The number of halogens is 2. The zero-order chi connectivity index (χ0) is 21.8. The largest absolute Gasteiger partial charge is 0.464 e. The molecular formula is C23H27Cl2NO4. The van der Waals surface area contributed by atoms with Crippen LogP contribution in [0.3, 0.4) is 0 Å². The van der Waals surface area contributed by atoms with Crippen LogP contribution in [0.15, 0.2) is 60.7 Å². The minimum atomic E-state index is -0.378. The van der Waals surface area contributed by atoms with Crippen LogP contribution in [-0.2, 0) is 19.1 Å². The van der Waals surface area contributed by atoms with Gasteiger partial charge < -0.3 is 14.4 Å². The maximum atomic E-state index is 11.8. The molecule has 0 N–H and O–H groups in total. The van der Waals surface area contributed by atoms with Crippen LogP contribution < -0.4 is 0 Å². The molecule has 5 nitrogen and oxygen atoms in total. The van der Waals surface area contributed by atoms with Crippen molar-refractivity contribution in [2.75, 3.05) is 26.4 Å². The van der Waals surface area contributed by atoms with Crippen LogP contribution in [0, 0.1) is 5.92 Å². The molecule has 30 heavy (non-hydrogen) atoms. The summed E-state index contributed by atoms with van der Waals surface area (Å²) < 4.78 is 10.1. The number of ether oxygens (including phenoxy) is 2. The molecule has 0 aromatic heterocycles. The van der Waals surface area contributed by atoms with E-state index in [-0.39, 0.29) is 24.5 Å². The fourth-order valence-corrected chi connectivity index (χ4v) is 3.16. The third-order valence-electron chi connectivity index (χ3n) is 4.42. The van der Waals surface area contributed by atoms with Crippen LogP contribution in [0.4, 0.5) is 0 Å². The molecule has 1 aliphatic heterocycles. The van der Waals surface area contributed by atoms with Gasteiger partial charge in [0.15, 0.2) is 0 Å². The molecule has 2 aromatic rings. The third-order valence-corrected chi connectivity index (χ3v) is 4.92. The van der Waals surface area contributed by atoms with Crippen molar-refractivity contribution in [3.63, 3.8) is 0 Å². The van der Waals surface area contributed by atoms with Crippen molar-refractivity contribution >= 4 is 35.1 Å². The molecule has 1 saturated carbocycles. The lowest BCUT2D eigenvalue weighted by Crippen LogP contribution is -2.52. The molecule has 0 spiro atoms. The predicted octanol–water partition coefficient (Wildman–Crippen LogP) is 4.87. The van der Waals surface area contributed by atoms with Gasteiger partial charge in [0.05, 0.1) is 13.2 Å². The second-order valence-corrected chi connectivity index (χ2v) is 7.64. The maximum Gasteiger partial charge on any atom is 0.329 e. The van der Waals surface area contributed by atoms with Gasteiger partial charge >= 0.3 is 5.97 Å². The highest BCUT2D eigenvalue weighted by Crippen LogP contribution is 2.36. The van der Waals surface area contributed by atoms with E-state index < -0.39 is 0 Å². The number of rotatable bonds is 4. The number of hydrogen-bond acceptors (Lipinski definition) is 4. The third kappa shape index (κ3) is 8.74. The van der Waals surface area contributed by atoms with Gasteiger partial charge in [-0.1, -0.05) is 59.6 Å². The summed E-state index contributed by atoms with van der Waals surface area (Å²) in [5, 5.41) is 1.59. The number of morpholine rings is 1. The van der Waals surface area contributed by atoms with Crippen molar-refractivity contribution in [2.45, 2.75) is 25.8 Å². The highest BCUT2D eigenvalue weighted by Gasteiger charge is 2.43. The Morgan fingerprint density at radius 3 is 1.97 bits per heavy atom. The van der Waals surface area contributed by atoms with Crippen LogP contribution >= 0.6 is 23.2 Å². The van der Waals surface area contributed by atoms with Crippen LogP contribution in [-0.4, -0.2) is 49.2 Å². The van der Waals surface area contributed by atoms with E-state index >= 15 is 0 Å². The molecule has 1 amide bonds. The SMILES string of the molecule is CCOC(=O)C(C1CC1)N1CCOCC1=O.Clc1ccccc1.Clc1ccccc1. The number of amides is 1. The van der Waals surface area contributed by atoms with Crippen molar-refractivity contribution in [3.8, 4) is 0 Å². The van der Waals surface area contributed by atoms with E-state index in [1.54, 1.807) is 11.8 Å². The Labute approximate surface area is 187 Å². The van der Waals surface area contributed by atoms with Crippen molar-refractivity contribution in [1.82, 2.24) is 4.90 Å². The quantitative estimate of drug-likeness (QED) is 0.622. The van der Waals surface area contributed by atoms with Gasteiger partial charge in [-0.15, -0.1) is 0 Å². The summed E-state index contributed by atoms with van der Waals surface area (Å²) in [4.78, 5) is 25.1. The summed E-state index contributed by atoms with van der Waals surface area (Å²) in [6.07, 6.45) is 2.02. The van der Waals surface area contributed by atoms with Gasteiger partial charge in [0.2, 0.25) is 5.91 Å². The molecular weight excluding hydrogens is 425 g/mol. The summed E-state index contributed by atoms with van der Waals surface area (Å²) in [7, 11) is 0. The van der Waals surface area contributed by atoms with Gasteiger partial charge in [0, 0.05) is 16.6 Å². The van der Waals surface area contributed by atoms with Gasteiger partial charge in [-0.3, -0.25) is 4.79 Å². The number of carbonyl (C=O) groups excluding carboxylic acids is 2. The minimum Gasteiger partial charge on any atom is -0.464 e. The maximum absolute atomic E-state index is 11.8. The molecule has 7 heteroatoms. The Morgan fingerprint density at radius 1 is 1.07 bits per heavy atom. The fraction of sp³-hybridized carbons (Fsp3) is 0.391. The molecule has 2 aromatic carbocycles. The molecule has 1 unspecified atom stereocenters. The first-order valence-corrected chi connectivity index (χ1v) is 10.7. The van der Waals surface area contributed by atoms with Gasteiger partial charge in [-0.05, 0) is 49.9 Å². The number of benzene rings is 2. The smallest absolute Gasteiger partial charge is 0.329 e. The number of nitrogens with zero attached hydrogens (tertiary/aromatic N) is 1. The lowest BCUT2D eigenvalue weighted by Gasteiger charge is -2.33. The van der Waals surface area contributed by atoms with Crippen LogP contribution in [0.2, 0.25) is 10.0 Å². The number of hydrogen-bond donors (Lipinski definition) is 0. The molecule has 0 bridgehead atoms. The van der Waals surface area contributed by atoms with Crippen molar-refractivity contribution in [2.24, 2.45) is 5.92 Å². The second-order valence-electron chi connectivity index (χ2n) is 6.77. The normalized spacial score (nSPS) is 16.4. The predicted molar refractivity (Wildman–Crippen MR) is 119 cm³/mol. The van der Waals surface area contributed by atoms with Crippen LogP contribution in [0.25, 0.3) is 0 Å².